The number of hydrogen-bond acceptors (Lipinski definition) is 5. The summed E-state index contributed by atoms with van der Waals surface area (Å²) in [5.74, 6) is 2.12. The van der Waals surface area contributed by atoms with E-state index in [0.717, 1.165) is 34.8 Å². The quantitative estimate of drug-likeness (QED) is 0.425. The summed E-state index contributed by atoms with van der Waals surface area (Å²) >= 11 is 6.04. The molecule has 1 saturated heterocycles. The van der Waals surface area contributed by atoms with Gasteiger partial charge < -0.3 is 15.1 Å². The second kappa shape index (κ2) is 9.92. The molecular weight excluding hydrogens is 462 g/mol. The molecule has 3 heterocycles. The highest BCUT2D eigenvalue weighted by molar-refractivity contribution is 6.30. The van der Waals surface area contributed by atoms with Gasteiger partial charge in [0.25, 0.3) is 0 Å². The summed E-state index contributed by atoms with van der Waals surface area (Å²) in [5.41, 5.74) is 2.46. The number of urea groups is 1. The first-order chi connectivity index (χ1) is 17.0. The third-order valence-electron chi connectivity index (χ3n) is 5.99. The summed E-state index contributed by atoms with van der Waals surface area (Å²) in [6.07, 6.45) is 2.62. The van der Waals surface area contributed by atoms with Gasteiger partial charge in [-0.15, -0.1) is 0 Å². The third-order valence-corrected chi connectivity index (χ3v) is 6.22. The van der Waals surface area contributed by atoms with Crippen molar-refractivity contribution in [1.82, 2.24) is 24.6 Å². The molecule has 35 heavy (non-hydrogen) atoms. The summed E-state index contributed by atoms with van der Waals surface area (Å²) in [5, 5.41) is 9.08. The van der Waals surface area contributed by atoms with Crippen molar-refractivity contribution in [3.8, 4) is 5.69 Å². The number of piperazine rings is 1. The van der Waals surface area contributed by atoms with Crippen molar-refractivity contribution in [2.75, 3.05) is 36.4 Å². The van der Waals surface area contributed by atoms with E-state index in [1.165, 1.54) is 0 Å². The number of para-hydroxylation sites is 1. The van der Waals surface area contributed by atoms with Gasteiger partial charge in [-0.1, -0.05) is 49.7 Å². The highest BCUT2D eigenvalue weighted by atomic mass is 35.5. The lowest BCUT2D eigenvalue weighted by atomic mass is 10.1. The van der Waals surface area contributed by atoms with E-state index in [1.54, 1.807) is 12.1 Å². The normalized spacial score (nSPS) is 14.1. The molecule has 1 fully saturated rings. The molecule has 8 nitrogen and oxygen atoms in total. The van der Waals surface area contributed by atoms with Gasteiger partial charge in [0.05, 0.1) is 17.3 Å². The molecule has 0 bridgehead atoms. The van der Waals surface area contributed by atoms with E-state index in [0.29, 0.717) is 42.8 Å². The molecule has 0 spiro atoms. The number of hydrogen-bond donors (Lipinski definition) is 1. The smallest absolute Gasteiger partial charge is 0.321 e. The van der Waals surface area contributed by atoms with E-state index in [1.807, 2.05) is 58.2 Å². The van der Waals surface area contributed by atoms with Crippen LogP contribution in [-0.2, 0) is 6.42 Å². The number of nitrogens with zero attached hydrogens (tertiary/aromatic N) is 6. The summed E-state index contributed by atoms with van der Waals surface area (Å²) in [6.45, 7) is 6.85. The molecule has 4 aromatic rings. The lowest BCUT2D eigenvalue weighted by molar-refractivity contribution is 0.208. The van der Waals surface area contributed by atoms with Crippen molar-refractivity contribution < 1.29 is 4.79 Å². The molecule has 5 rings (SSSR count). The highest BCUT2D eigenvalue weighted by Gasteiger charge is 2.25. The average molecular weight is 490 g/mol. The number of nitrogens with one attached hydrogen (secondary N) is 1. The molecule has 2 aromatic heterocycles. The number of carbonyl (C=O) groups is 1. The number of carbonyl (C=O) groups excluding carboxylic acids is 1. The number of benzene rings is 2. The van der Waals surface area contributed by atoms with Crippen LogP contribution in [0.3, 0.4) is 0 Å². The first kappa shape index (κ1) is 23.1. The van der Waals surface area contributed by atoms with Crippen LogP contribution < -0.4 is 10.2 Å². The lowest BCUT2D eigenvalue weighted by Gasteiger charge is -2.35. The molecule has 0 aliphatic carbocycles. The minimum atomic E-state index is -0.128. The second-order valence-corrected chi connectivity index (χ2v) is 9.54. The molecule has 9 heteroatoms. The Morgan fingerprint density at radius 3 is 2.51 bits per heavy atom. The Hall–Kier alpha value is -3.65. The van der Waals surface area contributed by atoms with Crippen LogP contribution >= 0.6 is 11.6 Å². The zero-order valence-corrected chi connectivity index (χ0v) is 20.6. The molecule has 0 unspecified atom stereocenters. The van der Waals surface area contributed by atoms with Crippen molar-refractivity contribution in [1.29, 1.82) is 0 Å². The highest BCUT2D eigenvalue weighted by Crippen LogP contribution is 2.27. The number of aromatic nitrogens is 4. The Balaban J connectivity index is 1.38. The van der Waals surface area contributed by atoms with Gasteiger partial charge in [-0.25, -0.2) is 19.4 Å². The van der Waals surface area contributed by atoms with Gasteiger partial charge in [0.1, 0.15) is 11.6 Å². The number of halogens is 1. The fraction of sp³-hybridized carbons (Fsp3) is 0.308. The summed E-state index contributed by atoms with van der Waals surface area (Å²) in [6, 6.07) is 17.1. The molecule has 2 aromatic carbocycles. The van der Waals surface area contributed by atoms with Gasteiger partial charge in [-0.2, -0.15) is 5.10 Å². The third kappa shape index (κ3) is 5.07. The van der Waals surface area contributed by atoms with Crippen LogP contribution in [0, 0.1) is 5.92 Å². The van der Waals surface area contributed by atoms with Gasteiger partial charge in [-0.3, -0.25) is 0 Å². The zero-order valence-electron chi connectivity index (χ0n) is 19.9. The maximum absolute atomic E-state index is 12.8. The van der Waals surface area contributed by atoms with Crippen LogP contribution in [0.2, 0.25) is 5.02 Å². The molecule has 1 aliphatic rings. The average Bonchev–Trinajstić information content (AvgIpc) is 3.28. The molecule has 0 atom stereocenters. The maximum atomic E-state index is 12.8. The number of rotatable bonds is 5. The first-order valence-electron chi connectivity index (χ1n) is 11.8. The van der Waals surface area contributed by atoms with Crippen LogP contribution in [0.15, 0.2) is 60.8 Å². The van der Waals surface area contributed by atoms with Crippen LogP contribution in [0.25, 0.3) is 16.7 Å². The van der Waals surface area contributed by atoms with Gasteiger partial charge in [0, 0.05) is 43.3 Å². The minimum Gasteiger partial charge on any atom is -0.352 e. The number of fused-ring (bicyclic) bond motifs is 1. The summed E-state index contributed by atoms with van der Waals surface area (Å²) in [4.78, 5) is 26.7. The second-order valence-electron chi connectivity index (χ2n) is 9.11. The van der Waals surface area contributed by atoms with Crippen LogP contribution in [0.4, 0.5) is 16.3 Å². The van der Waals surface area contributed by atoms with Crippen molar-refractivity contribution in [2.45, 2.75) is 20.3 Å². The molecule has 1 aliphatic heterocycles. The van der Waals surface area contributed by atoms with E-state index in [-0.39, 0.29) is 6.03 Å². The van der Waals surface area contributed by atoms with Gasteiger partial charge >= 0.3 is 6.03 Å². The molecule has 1 N–H and O–H groups in total. The fourth-order valence-corrected chi connectivity index (χ4v) is 4.47. The first-order valence-corrected chi connectivity index (χ1v) is 12.2. The number of amides is 2. The predicted molar refractivity (Wildman–Crippen MR) is 139 cm³/mol. The van der Waals surface area contributed by atoms with Crippen LogP contribution in [0.5, 0.6) is 0 Å². The minimum absolute atomic E-state index is 0.128. The van der Waals surface area contributed by atoms with Crippen molar-refractivity contribution >= 4 is 40.2 Å². The van der Waals surface area contributed by atoms with E-state index in [9.17, 15) is 4.79 Å². The van der Waals surface area contributed by atoms with E-state index < -0.39 is 0 Å². The molecular formula is C26H28ClN7O. The molecule has 0 radical (unpaired) electrons. The summed E-state index contributed by atoms with van der Waals surface area (Å²) in [7, 11) is 0. The largest absolute Gasteiger partial charge is 0.352 e. The Kier molecular flexibility index (Phi) is 6.55. The zero-order chi connectivity index (χ0) is 24.4. The summed E-state index contributed by atoms with van der Waals surface area (Å²) < 4.78 is 1.87. The van der Waals surface area contributed by atoms with Gasteiger partial charge in [0.15, 0.2) is 5.65 Å². The molecule has 0 saturated carbocycles. The Labute approximate surface area is 209 Å². The van der Waals surface area contributed by atoms with Crippen LogP contribution in [-0.4, -0.2) is 56.9 Å². The van der Waals surface area contributed by atoms with E-state index in [4.69, 9.17) is 21.6 Å². The van der Waals surface area contributed by atoms with E-state index in [2.05, 4.69) is 29.2 Å². The predicted octanol–water partition coefficient (Wildman–Crippen LogP) is 5.02. The topological polar surface area (TPSA) is 79.2 Å². The van der Waals surface area contributed by atoms with Crippen molar-refractivity contribution in [3.05, 3.63) is 71.6 Å². The maximum Gasteiger partial charge on any atom is 0.321 e. The lowest BCUT2D eigenvalue weighted by Crippen LogP contribution is -2.50. The van der Waals surface area contributed by atoms with Crippen LogP contribution in [0.1, 0.15) is 19.7 Å². The Morgan fingerprint density at radius 2 is 1.80 bits per heavy atom. The van der Waals surface area contributed by atoms with Crippen molar-refractivity contribution in [2.24, 2.45) is 5.92 Å². The fourth-order valence-electron chi connectivity index (χ4n) is 4.28. The van der Waals surface area contributed by atoms with Gasteiger partial charge in [-0.05, 0) is 36.2 Å². The van der Waals surface area contributed by atoms with Crippen molar-refractivity contribution in [3.63, 3.8) is 0 Å². The standard InChI is InChI=1S/C26H28ClN7O/c1-18(2)15-23-30-24(22-17-28-34(25(22)31-23)21-9-4-3-5-10-21)32-11-13-33(14-12-32)26(35)29-20-8-6-7-19(27)16-20/h3-10,16-18H,11-15H2,1-2H3,(H,29,35). The molecule has 180 valence electrons. The van der Waals surface area contributed by atoms with E-state index >= 15 is 0 Å². The molecule has 2 amide bonds. The number of anilines is 2. The Bertz CT molecular complexity index is 1330. The SMILES string of the molecule is CC(C)Cc1nc(N2CCN(C(=O)Nc3cccc(Cl)c3)CC2)c2cnn(-c3ccccc3)c2n1. The van der Waals surface area contributed by atoms with Gasteiger partial charge in [0.2, 0.25) is 0 Å². The monoisotopic (exact) mass is 489 g/mol. The Morgan fingerprint density at radius 1 is 1.03 bits per heavy atom.